The molecule has 4 nitrogen and oxygen atoms in total. The van der Waals surface area contributed by atoms with Crippen LogP contribution in [-0.2, 0) is 0 Å². The van der Waals surface area contributed by atoms with E-state index in [0.29, 0.717) is 17.2 Å². The van der Waals surface area contributed by atoms with Gasteiger partial charge >= 0.3 is 0 Å². The summed E-state index contributed by atoms with van der Waals surface area (Å²) in [5.74, 6) is 0.854. The first kappa shape index (κ1) is 12.8. The molecule has 3 rings (SSSR count). The van der Waals surface area contributed by atoms with Crippen LogP contribution in [0.4, 0.5) is 4.39 Å². The molecular formula is C14H9BrFN3O. The van der Waals surface area contributed by atoms with Crippen molar-refractivity contribution >= 4 is 15.9 Å². The summed E-state index contributed by atoms with van der Waals surface area (Å²) in [6.45, 7) is 0. The number of ether oxygens (including phenoxy) is 1. The standard InChI is InChI=1S/C14H9BrFN3O/c15-10-5-12(7-17-6-10)20-13-8-18-19-14(13)9-1-3-11(16)4-2-9/h1-8H,(H,18,19). The Bertz CT molecular complexity index is 727. The average Bonchev–Trinajstić information content (AvgIpc) is 2.88. The summed E-state index contributed by atoms with van der Waals surface area (Å²) in [5, 5.41) is 6.81. The molecule has 2 heterocycles. The van der Waals surface area contributed by atoms with Crippen LogP contribution in [0.3, 0.4) is 0 Å². The molecule has 3 aromatic rings. The van der Waals surface area contributed by atoms with Crippen molar-refractivity contribution in [1.29, 1.82) is 0 Å². The second kappa shape index (κ2) is 5.42. The Morgan fingerprint density at radius 3 is 2.65 bits per heavy atom. The van der Waals surface area contributed by atoms with Crippen LogP contribution in [0.1, 0.15) is 0 Å². The number of nitrogens with zero attached hydrogens (tertiary/aromatic N) is 2. The van der Waals surface area contributed by atoms with Crippen molar-refractivity contribution in [2.24, 2.45) is 0 Å². The first-order valence-corrected chi connectivity index (χ1v) is 6.59. The number of nitrogens with one attached hydrogen (secondary N) is 1. The van der Waals surface area contributed by atoms with Gasteiger partial charge in [-0.25, -0.2) is 4.39 Å². The van der Waals surface area contributed by atoms with Gasteiger partial charge in [-0.05, 0) is 46.3 Å². The van der Waals surface area contributed by atoms with Crippen molar-refractivity contribution in [2.75, 3.05) is 0 Å². The first-order valence-electron chi connectivity index (χ1n) is 5.80. The van der Waals surface area contributed by atoms with Crippen LogP contribution in [0.25, 0.3) is 11.3 Å². The lowest BCUT2D eigenvalue weighted by molar-refractivity contribution is 0.482. The molecule has 0 spiro atoms. The zero-order valence-electron chi connectivity index (χ0n) is 10.2. The van der Waals surface area contributed by atoms with Crippen LogP contribution in [0, 0.1) is 5.82 Å². The van der Waals surface area contributed by atoms with Gasteiger partial charge in [0.25, 0.3) is 0 Å². The molecule has 6 heteroatoms. The van der Waals surface area contributed by atoms with Crippen LogP contribution in [0.5, 0.6) is 11.5 Å². The molecule has 0 saturated heterocycles. The molecular weight excluding hydrogens is 325 g/mol. The predicted octanol–water partition coefficient (Wildman–Crippen LogP) is 4.17. The maximum atomic E-state index is 12.9. The van der Waals surface area contributed by atoms with Crippen LogP contribution in [0.2, 0.25) is 0 Å². The second-order valence-electron chi connectivity index (χ2n) is 4.06. The molecule has 0 radical (unpaired) electrons. The normalized spacial score (nSPS) is 10.5. The molecule has 1 N–H and O–H groups in total. The Labute approximate surface area is 122 Å². The summed E-state index contributed by atoms with van der Waals surface area (Å²) in [6.07, 6.45) is 4.84. The third-order valence-corrected chi connectivity index (χ3v) is 3.08. The Balaban J connectivity index is 1.92. The highest BCUT2D eigenvalue weighted by Crippen LogP contribution is 2.31. The summed E-state index contributed by atoms with van der Waals surface area (Å²) in [4.78, 5) is 4.03. The van der Waals surface area contributed by atoms with E-state index in [0.717, 1.165) is 10.0 Å². The summed E-state index contributed by atoms with van der Waals surface area (Å²) >= 11 is 3.33. The first-order chi connectivity index (χ1) is 9.72. The number of benzene rings is 1. The number of H-pyrrole nitrogens is 1. The number of aromatic amines is 1. The fraction of sp³-hybridized carbons (Fsp3) is 0. The molecule has 0 amide bonds. The zero-order valence-corrected chi connectivity index (χ0v) is 11.8. The molecule has 100 valence electrons. The van der Waals surface area contributed by atoms with E-state index < -0.39 is 0 Å². The van der Waals surface area contributed by atoms with Gasteiger partial charge in [-0.3, -0.25) is 10.1 Å². The third-order valence-electron chi connectivity index (χ3n) is 2.65. The number of pyridine rings is 1. The van der Waals surface area contributed by atoms with Gasteiger partial charge in [0.05, 0.1) is 12.4 Å². The highest BCUT2D eigenvalue weighted by molar-refractivity contribution is 9.10. The van der Waals surface area contributed by atoms with E-state index in [1.807, 2.05) is 0 Å². The summed E-state index contributed by atoms with van der Waals surface area (Å²) in [7, 11) is 0. The van der Waals surface area contributed by atoms with E-state index in [9.17, 15) is 4.39 Å². The van der Waals surface area contributed by atoms with Crippen molar-refractivity contribution in [3.05, 3.63) is 59.2 Å². The van der Waals surface area contributed by atoms with Gasteiger partial charge in [0.15, 0.2) is 5.75 Å². The van der Waals surface area contributed by atoms with Gasteiger partial charge in [-0.15, -0.1) is 0 Å². The Kier molecular flexibility index (Phi) is 3.47. The smallest absolute Gasteiger partial charge is 0.173 e. The highest BCUT2D eigenvalue weighted by atomic mass is 79.9. The average molecular weight is 334 g/mol. The van der Waals surface area contributed by atoms with Gasteiger partial charge in [-0.1, -0.05) is 0 Å². The van der Waals surface area contributed by atoms with E-state index in [1.54, 1.807) is 36.8 Å². The molecule has 0 bridgehead atoms. The maximum Gasteiger partial charge on any atom is 0.173 e. The summed E-state index contributed by atoms with van der Waals surface area (Å²) in [6, 6.07) is 7.90. The van der Waals surface area contributed by atoms with Crippen molar-refractivity contribution in [3.8, 4) is 22.8 Å². The maximum absolute atomic E-state index is 12.9. The zero-order chi connectivity index (χ0) is 13.9. The predicted molar refractivity (Wildman–Crippen MR) is 76.0 cm³/mol. The molecule has 2 aromatic heterocycles. The molecule has 0 aliphatic carbocycles. The minimum Gasteiger partial charge on any atom is -0.452 e. The summed E-state index contributed by atoms with van der Waals surface area (Å²) in [5.41, 5.74) is 1.48. The van der Waals surface area contributed by atoms with Crippen molar-refractivity contribution in [1.82, 2.24) is 15.2 Å². The van der Waals surface area contributed by atoms with Gasteiger partial charge in [0, 0.05) is 16.2 Å². The molecule has 0 aliphatic rings. The lowest BCUT2D eigenvalue weighted by atomic mass is 10.1. The molecule has 0 saturated carbocycles. The Morgan fingerprint density at radius 2 is 1.90 bits per heavy atom. The van der Waals surface area contributed by atoms with Crippen LogP contribution < -0.4 is 4.74 Å². The molecule has 0 aliphatic heterocycles. The molecule has 0 fully saturated rings. The van der Waals surface area contributed by atoms with Crippen molar-refractivity contribution in [3.63, 3.8) is 0 Å². The van der Waals surface area contributed by atoms with E-state index in [-0.39, 0.29) is 5.82 Å². The molecule has 0 unspecified atom stereocenters. The van der Waals surface area contributed by atoms with E-state index >= 15 is 0 Å². The van der Waals surface area contributed by atoms with Crippen LogP contribution in [0.15, 0.2) is 53.4 Å². The van der Waals surface area contributed by atoms with Crippen LogP contribution >= 0.6 is 15.9 Å². The minimum absolute atomic E-state index is 0.285. The highest BCUT2D eigenvalue weighted by Gasteiger charge is 2.10. The second-order valence-corrected chi connectivity index (χ2v) is 4.97. The molecule has 1 aromatic carbocycles. The Morgan fingerprint density at radius 1 is 1.10 bits per heavy atom. The Hall–Kier alpha value is -2.21. The number of hydrogen-bond acceptors (Lipinski definition) is 3. The topological polar surface area (TPSA) is 50.8 Å². The number of halogens is 2. The van der Waals surface area contributed by atoms with Crippen molar-refractivity contribution < 1.29 is 9.13 Å². The lowest BCUT2D eigenvalue weighted by Gasteiger charge is -2.06. The summed E-state index contributed by atoms with van der Waals surface area (Å²) < 4.78 is 19.5. The van der Waals surface area contributed by atoms with Crippen LogP contribution in [-0.4, -0.2) is 15.2 Å². The van der Waals surface area contributed by atoms with E-state index in [4.69, 9.17) is 4.74 Å². The number of aromatic nitrogens is 3. The van der Waals surface area contributed by atoms with E-state index in [1.165, 1.54) is 12.1 Å². The minimum atomic E-state index is -0.285. The largest absolute Gasteiger partial charge is 0.452 e. The van der Waals surface area contributed by atoms with Crippen molar-refractivity contribution in [2.45, 2.75) is 0 Å². The SMILES string of the molecule is Fc1ccc(-c2[nH]ncc2Oc2cncc(Br)c2)cc1. The van der Waals surface area contributed by atoms with Gasteiger partial charge in [0.2, 0.25) is 0 Å². The fourth-order valence-electron chi connectivity index (χ4n) is 1.75. The van der Waals surface area contributed by atoms with E-state index in [2.05, 4.69) is 31.1 Å². The molecule has 20 heavy (non-hydrogen) atoms. The fourth-order valence-corrected chi connectivity index (χ4v) is 2.09. The molecule has 0 atom stereocenters. The van der Waals surface area contributed by atoms with Gasteiger partial charge < -0.3 is 4.74 Å². The van der Waals surface area contributed by atoms with Gasteiger partial charge in [0.1, 0.15) is 17.3 Å². The number of hydrogen-bond donors (Lipinski definition) is 1. The third kappa shape index (κ3) is 2.70. The number of rotatable bonds is 3. The quantitative estimate of drug-likeness (QED) is 0.782. The monoisotopic (exact) mass is 333 g/mol. The lowest BCUT2D eigenvalue weighted by Crippen LogP contribution is -1.87. The van der Waals surface area contributed by atoms with Gasteiger partial charge in [-0.2, -0.15) is 5.10 Å².